The van der Waals surface area contributed by atoms with E-state index in [9.17, 15) is 0 Å². The molecular formula is C64H38N4S. The van der Waals surface area contributed by atoms with Gasteiger partial charge in [-0.1, -0.05) is 188 Å². The lowest BCUT2D eigenvalue weighted by molar-refractivity contribution is 1.02. The van der Waals surface area contributed by atoms with E-state index in [1.807, 2.05) is 11.3 Å². The maximum Gasteiger partial charge on any atom is 0.235 e. The number of para-hydroxylation sites is 2. The van der Waals surface area contributed by atoms with Gasteiger partial charge in [-0.15, -0.1) is 11.3 Å². The first kappa shape index (κ1) is 38.2. The second-order valence-electron chi connectivity index (χ2n) is 18.0. The summed E-state index contributed by atoms with van der Waals surface area (Å²) >= 11 is 1.91. The van der Waals surface area contributed by atoms with Crippen LogP contribution in [0.15, 0.2) is 231 Å². The van der Waals surface area contributed by atoms with Crippen molar-refractivity contribution >= 4 is 135 Å². The molecule has 0 aliphatic carbocycles. The Morgan fingerprint density at radius 2 is 0.942 bits per heavy atom. The molecule has 3 heterocycles. The monoisotopic (exact) mass is 894 g/mol. The second kappa shape index (κ2) is 14.8. The first-order valence-electron chi connectivity index (χ1n) is 23.5. The van der Waals surface area contributed by atoms with Crippen LogP contribution in [-0.2, 0) is 0 Å². The molecule has 0 aliphatic rings. The highest BCUT2D eigenvalue weighted by atomic mass is 32.1. The Balaban J connectivity index is 1.12. The normalized spacial score (nSPS) is 12.1. The third-order valence-electron chi connectivity index (χ3n) is 14.3. The number of benzene rings is 12. The summed E-state index contributed by atoms with van der Waals surface area (Å²) in [6, 6.07) is 83.6. The van der Waals surface area contributed by atoms with Gasteiger partial charge in [-0.3, -0.25) is 4.57 Å². The van der Waals surface area contributed by atoms with Crippen LogP contribution in [0, 0.1) is 0 Å². The van der Waals surface area contributed by atoms with Crippen LogP contribution in [0.5, 0.6) is 0 Å². The molecule has 0 aliphatic heterocycles. The van der Waals surface area contributed by atoms with Crippen LogP contribution in [0.3, 0.4) is 0 Å². The Morgan fingerprint density at radius 1 is 0.348 bits per heavy atom. The highest BCUT2D eigenvalue weighted by Crippen LogP contribution is 2.51. The number of nitrogens with zero attached hydrogens (tertiary/aromatic N) is 4. The van der Waals surface area contributed by atoms with Crippen molar-refractivity contribution in [1.82, 2.24) is 14.5 Å². The molecule has 0 fully saturated rings. The first-order valence-corrected chi connectivity index (χ1v) is 24.3. The Bertz CT molecular complexity index is 4610. The van der Waals surface area contributed by atoms with Gasteiger partial charge in [0.15, 0.2) is 0 Å². The van der Waals surface area contributed by atoms with Gasteiger partial charge < -0.3 is 4.90 Å². The molecule has 0 saturated carbocycles. The fourth-order valence-corrected chi connectivity index (χ4v) is 12.7. The number of hydrogen-bond donors (Lipinski definition) is 0. The predicted octanol–water partition coefficient (Wildman–Crippen LogP) is 18.0. The Kier molecular flexibility index (Phi) is 8.20. The lowest BCUT2D eigenvalue weighted by atomic mass is 9.94. The Morgan fingerprint density at radius 3 is 1.75 bits per heavy atom. The molecule has 12 aromatic carbocycles. The SMILES string of the molecule is c1ccc(-c2nc(-n3c4ccccc4c4c5c6ccc7ccccc7c6sc5c5cc(N(c6ccccc6)c6ccc7ccccc7c6)ccc5c43)nc3c4ccccc4c4ccccc4c23)cc1. The molecule has 4 nitrogen and oxygen atoms in total. The lowest BCUT2D eigenvalue weighted by Crippen LogP contribution is -2.10. The average molecular weight is 895 g/mol. The maximum atomic E-state index is 5.76. The quantitative estimate of drug-likeness (QED) is 0.161. The third-order valence-corrected chi connectivity index (χ3v) is 15.6. The van der Waals surface area contributed by atoms with E-state index in [4.69, 9.17) is 9.97 Å². The fraction of sp³-hybridized carbons (Fsp3) is 0. The van der Waals surface area contributed by atoms with Crippen LogP contribution < -0.4 is 4.90 Å². The van der Waals surface area contributed by atoms with Gasteiger partial charge in [0.25, 0.3) is 0 Å². The topological polar surface area (TPSA) is 34.0 Å². The summed E-state index contributed by atoms with van der Waals surface area (Å²) in [6.07, 6.45) is 0. The van der Waals surface area contributed by atoms with Crippen molar-refractivity contribution in [2.24, 2.45) is 0 Å². The van der Waals surface area contributed by atoms with E-state index in [0.29, 0.717) is 5.95 Å². The van der Waals surface area contributed by atoms with Crippen molar-refractivity contribution < 1.29 is 0 Å². The highest BCUT2D eigenvalue weighted by Gasteiger charge is 2.26. The molecule has 0 N–H and O–H groups in total. The van der Waals surface area contributed by atoms with Crippen LogP contribution in [0.2, 0.25) is 0 Å². The molecule has 15 aromatic rings. The van der Waals surface area contributed by atoms with Gasteiger partial charge in [0.2, 0.25) is 5.95 Å². The number of thiophene rings is 1. The summed E-state index contributed by atoms with van der Waals surface area (Å²) in [5.41, 5.74) is 8.35. The van der Waals surface area contributed by atoms with Crippen molar-refractivity contribution in [3.05, 3.63) is 231 Å². The third kappa shape index (κ3) is 5.62. The molecule has 0 atom stereocenters. The van der Waals surface area contributed by atoms with E-state index in [-0.39, 0.29) is 0 Å². The van der Waals surface area contributed by atoms with E-state index < -0.39 is 0 Å². The van der Waals surface area contributed by atoms with Crippen LogP contribution in [-0.4, -0.2) is 14.5 Å². The van der Waals surface area contributed by atoms with Gasteiger partial charge >= 0.3 is 0 Å². The lowest BCUT2D eigenvalue weighted by Gasteiger charge is -2.26. The Labute approximate surface area is 400 Å². The molecule has 15 rings (SSSR count). The standard InChI is InChI=1S/C64H38N4S/c1-3-19-41(20-4-1)59-58-49-27-13-11-25-47(49)48-26-12-14-28-50(48)60(58)66-64(65-59)68-55-30-16-15-29-52(55)56-57-53-35-32-40-18-9-10-24-46(40)62(53)69-63(57)54-38-45(34-36-51(54)61(56)68)67(43-22-5-2-6-23-43)44-33-31-39-17-7-8-21-42(39)37-44/h1-38H. The number of anilines is 3. The number of hydrogen-bond acceptors (Lipinski definition) is 4. The van der Waals surface area contributed by atoms with E-state index >= 15 is 0 Å². The molecule has 0 radical (unpaired) electrons. The largest absolute Gasteiger partial charge is 0.310 e. The van der Waals surface area contributed by atoms with E-state index in [2.05, 4.69) is 240 Å². The smallest absolute Gasteiger partial charge is 0.235 e. The van der Waals surface area contributed by atoms with Crippen LogP contribution in [0.4, 0.5) is 17.1 Å². The highest BCUT2D eigenvalue weighted by molar-refractivity contribution is 7.27. The average Bonchev–Trinajstić information content (AvgIpc) is 3.98. The Hall–Kier alpha value is -8.90. The van der Waals surface area contributed by atoms with E-state index in [0.717, 1.165) is 66.4 Å². The minimum atomic E-state index is 0.643. The van der Waals surface area contributed by atoms with Crippen LogP contribution >= 0.6 is 11.3 Å². The molecule has 69 heavy (non-hydrogen) atoms. The summed E-state index contributed by atoms with van der Waals surface area (Å²) in [7, 11) is 0. The minimum absolute atomic E-state index is 0.643. The zero-order valence-corrected chi connectivity index (χ0v) is 38.0. The molecule has 0 unspecified atom stereocenters. The second-order valence-corrected chi connectivity index (χ2v) is 19.1. The van der Waals surface area contributed by atoms with Crippen molar-refractivity contribution in [1.29, 1.82) is 0 Å². The summed E-state index contributed by atoms with van der Waals surface area (Å²) in [5, 5.41) is 17.8. The molecule has 0 spiro atoms. The fourth-order valence-electron chi connectivity index (χ4n) is 11.3. The number of fused-ring (bicyclic) bond motifs is 19. The summed E-state index contributed by atoms with van der Waals surface area (Å²) in [4.78, 5) is 13.9. The summed E-state index contributed by atoms with van der Waals surface area (Å²) in [6.45, 7) is 0. The van der Waals surface area contributed by atoms with Crippen molar-refractivity contribution in [3.8, 4) is 17.2 Å². The molecule has 3 aromatic heterocycles. The van der Waals surface area contributed by atoms with Gasteiger partial charge in [-0.25, -0.2) is 9.97 Å². The predicted molar refractivity (Wildman–Crippen MR) is 294 cm³/mol. The molecule has 0 saturated heterocycles. The summed E-state index contributed by atoms with van der Waals surface area (Å²) in [5.74, 6) is 0.643. The van der Waals surface area contributed by atoms with Crippen molar-refractivity contribution in [2.75, 3.05) is 4.90 Å². The minimum Gasteiger partial charge on any atom is -0.310 e. The van der Waals surface area contributed by atoms with E-state index in [1.165, 1.54) is 68.6 Å². The number of rotatable bonds is 5. The molecule has 0 amide bonds. The first-order chi connectivity index (χ1) is 34.2. The molecule has 0 bridgehead atoms. The molecule has 5 heteroatoms. The van der Waals surface area contributed by atoms with Crippen LogP contribution in [0.25, 0.3) is 124 Å². The van der Waals surface area contributed by atoms with E-state index in [1.54, 1.807) is 0 Å². The van der Waals surface area contributed by atoms with Gasteiger partial charge in [-0.05, 0) is 80.2 Å². The van der Waals surface area contributed by atoms with Gasteiger partial charge in [-0.2, -0.15) is 0 Å². The zero-order valence-electron chi connectivity index (χ0n) is 37.1. The van der Waals surface area contributed by atoms with Crippen molar-refractivity contribution in [3.63, 3.8) is 0 Å². The van der Waals surface area contributed by atoms with Gasteiger partial charge in [0, 0.05) is 75.1 Å². The number of aromatic nitrogens is 3. The van der Waals surface area contributed by atoms with Crippen LogP contribution in [0.1, 0.15) is 0 Å². The van der Waals surface area contributed by atoms with Gasteiger partial charge in [0.05, 0.1) is 22.2 Å². The zero-order chi connectivity index (χ0) is 45.2. The van der Waals surface area contributed by atoms with Gasteiger partial charge in [0.1, 0.15) is 0 Å². The maximum absolute atomic E-state index is 5.76. The van der Waals surface area contributed by atoms with Crippen molar-refractivity contribution in [2.45, 2.75) is 0 Å². The molecule has 320 valence electrons. The molecular weight excluding hydrogens is 857 g/mol. The summed E-state index contributed by atoms with van der Waals surface area (Å²) < 4.78 is 4.92.